The molecular formula is C23H28O6. The molecule has 2 N–H and O–H groups in total. The molecule has 0 aliphatic carbocycles. The lowest BCUT2D eigenvalue weighted by molar-refractivity contribution is -0.306. The maximum atomic E-state index is 10.8. The summed E-state index contributed by atoms with van der Waals surface area (Å²) in [6.07, 6.45) is -3.03. The second-order valence-electron chi connectivity index (χ2n) is 6.90. The minimum atomic E-state index is -1.25. The Labute approximate surface area is 171 Å². The number of benzene rings is 2. The molecule has 1 heterocycles. The first kappa shape index (κ1) is 21.6. The van der Waals surface area contributed by atoms with Crippen LogP contribution in [0.1, 0.15) is 11.1 Å². The van der Waals surface area contributed by atoms with E-state index in [-0.39, 0.29) is 19.8 Å². The topological polar surface area (TPSA) is 77.4 Å². The van der Waals surface area contributed by atoms with E-state index in [4.69, 9.17) is 18.9 Å². The van der Waals surface area contributed by atoms with Crippen LogP contribution in [0.2, 0.25) is 0 Å². The van der Waals surface area contributed by atoms with Crippen LogP contribution in [0, 0.1) is 0 Å². The lowest BCUT2D eigenvalue weighted by Gasteiger charge is -2.42. The van der Waals surface area contributed by atoms with Crippen LogP contribution < -0.4 is 0 Å². The van der Waals surface area contributed by atoms with E-state index in [0.717, 1.165) is 11.1 Å². The monoisotopic (exact) mass is 400 g/mol. The third-order valence-corrected chi connectivity index (χ3v) is 4.72. The standard InChI is InChI=1S/C23H28O6/c1-2-13-27-21-20(24)19(16-26-14-17-9-5-3-6-10-17)29-23(25)22(21)28-15-18-11-7-4-8-12-18/h2-12,19-25H,1,13-16H2/t19-,20-,21+,22-,23+/m1/s1. The molecule has 6 heteroatoms. The summed E-state index contributed by atoms with van der Waals surface area (Å²) < 4.78 is 22.9. The maximum absolute atomic E-state index is 10.8. The van der Waals surface area contributed by atoms with Crippen molar-refractivity contribution in [1.29, 1.82) is 0 Å². The maximum Gasteiger partial charge on any atom is 0.184 e. The second-order valence-corrected chi connectivity index (χ2v) is 6.90. The van der Waals surface area contributed by atoms with Gasteiger partial charge in [0.2, 0.25) is 0 Å². The largest absolute Gasteiger partial charge is 0.387 e. The highest BCUT2D eigenvalue weighted by atomic mass is 16.7. The highest BCUT2D eigenvalue weighted by Gasteiger charge is 2.46. The zero-order chi connectivity index (χ0) is 20.5. The van der Waals surface area contributed by atoms with Gasteiger partial charge in [0.05, 0.1) is 26.4 Å². The van der Waals surface area contributed by atoms with Crippen molar-refractivity contribution in [3.8, 4) is 0 Å². The van der Waals surface area contributed by atoms with E-state index in [9.17, 15) is 10.2 Å². The Kier molecular flexibility index (Phi) is 8.37. The van der Waals surface area contributed by atoms with Crippen molar-refractivity contribution in [3.05, 3.63) is 84.4 Å². The van der Waals surface area contributed by atoms with E-state index in [1.165, 1.54) is 0 Å². The molecule has 0 amide bonds. The molecule has 0 saturated carbocycles. The minimum absolute atomic E-state index is 0.118. The third kappa shape index (κ3) is 6.21. The second kappa shape index (κ2) is 11.2. The molecule has 0 spiro atoms. The number of hydrogen-bond acceptors (Lipinski definition) is 6. The normalized spacial score (nSPS) is 26.9. The number of ether oxygens (including phenoxy) is 4. The lowest BCUT2D eigenvalue weighted by Crippen LogP contribution is -2.60. The van der Waals surface area contributed by atoms with E-state index >= 15 is 0 Å². The van der Waals surface area contributed by atoms with Crippen molar-refractivity contribution in [1.82, 2.24) is 0 Å². The van der Waals surface area contributed by atoms with E-state index in [1.54, 1.807) is 6.08 Å². The molecule has 1 aliphatic heterocycles. The summed E-state index contributed by atoms with van der Waals surface area (Å²) in [6.45, 7) is 4.63. The molecule has 0 unspecified atom stereocenters. The molecule has 1 fully saturated rings. The first-order chi connectivity index (χ1) is 14.2. The van der Waals surface area contributed by atoms with Crippen molar-refractivity contribution < 1.29 is 29.2 Å². The van der Waals surface area contributed by atoms with Crippen molar-refractivity contribution >= 4 is 0 Å². The predicted molar refractivity (Wildman–Crippen MR) is 108 cm³/mol. The van der Waals surface area contributed by atoms with E-state index in [2.05, 4.69) is 6.58 Å². The van der Waals surface area contributed by atoms with Crippen molar-refractivity contribution in [2.24, 2.45) is 0 Å². The van der Waals surface area contributed by atoms with E-state index in [1.807, 2.05) is 60.7 Å². The van der Waals surface area contributed by atoms with Crippen LogP contribution in [0.3, 0.4) is 0 Å². The number of hydrogen-bond donors (Lipinski definition) is 2. The van der Waals surface area contributed by atoms with Gasteiger partial charge in [-0.2, -0.15) is 0 Å². The van der Waals surface area contributed by atoms with Crippen LogP contribution in [-0.4, -0.2) is 54.1 Å². The highest BCUT2D eigenvalue weighted by molar-refractivity contribution is 5.14. The average molecular weight is 400 g/mol. The van der Waals surface area contributed by atoms with Crippen LogP contribution in [0.15, 0.2) is 73.3 Å². The van der Waals surface area contributed by atoms with Crippen LogP contribution in [0.4, 0.5) is 0 Å². The van der Waals surface area contributed by atoms with Crippen LogP contribution in [-0.2, 0) is 32.2 Å². The molecular weight excluding hydrogens is 372 g/mol. The SMILES string of the molecule is C=CCO[C@H]1[C@H](O)[C@@H](COCc2ccccc2)O[C@H](O)[C@@H]1OCc1ccccc1. The summed E-state index contributed by atoms with van der Waals surface area (Å²) in [6, 6.07) is 19.3. The van der Waals surface area contributed by atoms with E-state index in [0.29, 0.717) is 6.61 Å². The molecule has 3 rings (SSSR count). The Morgan fingerprint density at radius 3 is 2.10 bits per heavy atom. The zero-order valence-electron chi connectivity index (χ0n) is 16.3. The van der Waals surface area contributed by atoms with Crippen LogP contribution in [0.25, 0.3) is 0 Å². The molecule has 5 atom stereocenters. The van der Waals surface area contributed by atoms with Gasteiger partial charge in [-0.3, -0.25) is 0 Å². The summed E-state index contributed by atoms with van der Waals surface area (Å²) in [4.78, 5) is 0. The number of rotatable bonds is 10. The molecule has 156 valence electrons. The fourth-order valence-electron chi connectivity index (χ4n) is 3.23. The Hall–Kier alpha value is -2.06. The summed E-state index contributed by atoms with van der Waals surface area (Å²) in [5.74, 6) is 0. The Morgan fingerprint density at radius 1 is 0.862 bits per heavy atom. The van der Waals surface area contributed by atoms with Crippen LogP contribution >= 0.6 is 0 Å². The van der Waals surface area contributed by atoms with Crippen LogP contribution in [0.5, 0.6) is 0 Å². The van der Waals surface area contributed by atoms with E-state index < -0.39 is 30.7 Å². The average Bonchev–Trinajstić information content (AvgIpc) is 2.75. The third-order valence-electron chi connectivity index (χ3n) is 4.72. The fraction of sp³-hybridized carbons (Fsp3) is 0.391. The predicted octanol–water partition coefficient (Wildman–Crippen LogP) is 2.44. The Balaban J connectivity index is 1.59. The molecule has 0 aromatic heterocycles. The zero-order valence-corrected chi connectivity index (χ0v) is 16.3. The molecule has 0 bridgehead atoms. The van der Waals surface area contributed by atoms with Gasteiger partial charge < -0.3 is 29.2 Å². The van der Waals surface area contributed by atoms with Gasteiger partial charge in [0, 0.05) is 0 Å². The fourth-order valence-corrected chi connectivity index (χ4v) is 3.23. The van der Waals surface area contributed by atoms with Crippen molar-refractivity contribution in [3.63, 3.8) is 0 Å². The van der Waals surface area contributed by atoms with Gasteiger partial charge in [0.15, 0.2) is 6.29 Å². The van der Waals surface area contributed by atoms with Gasteiger partial charge in [0.1, 0.15) is 24.4 Å². The molecule has 29 heavy (non-hydrogen) atoms. The minimum Gasteiger partial charge on any atom is -0.387 e. The molecule has 2 aromatic rings. The first-order valence-electron chi connectivity index (χ1n) is 9.70. The summed E-state index contributed by atoms with van der Waals surface area (Å²) in [5.41, 5.74) is 1.96. The number of aliphatic hydroxyl groups is 2. The Morgan fingerprint density at radius 2 is 1.48 bits per heavy atom. The van der Waals surface area contributed by atoms with Crippen molar-refractivity contribution in [2.45, 2.75) is 43.9 Å². The summed E-state index contributed by atoms with van der Waals surface area (Å²) in [5, 5.41) is 21.3. The summed E-state index contributed by atoms with van der Waals surface area (Å²) >= 11 is 0. The van der Waals surface area contributed by atoms with Crippen molar-refractivity contribution in [2.75, 3.05) is 13.2 Å². The first-order valence-corrected chi connectivity index (χ1v) is 9.70. The van der Waals surface area contributed by atoms with Gasteiger partial charge in [-0.05, 0) is 11.1 Å². The lowest BCUT2D eigenvalue weighted by atomic mass is 9.98. The van der Waals surface area contributed by atoms with Gasteiger partial charge in [-0.1, -0.05) is 66.7 Å². The molecule has 0 radical (unpaired) electrons. The van der Waals surface area contributed by atoms with Gasteiger partial charge in [-0.15, -0.1) is 6.58 Å². The van der Waals surface area contributed by atoms with Gasteiger partial charge >= 0.3 is 0 Å². The molecule has 2 aromatic carbocycles. The molecule has 1 aliphatic rings. The van der Waals surface area contributed by atoms with Gasteiger partial charge in [0.25, 0.3) is 0 Å². The smallest absolute Gasteiger partial charge is 0.184 e. The quantitative estimate of drug-likeness (QED) is 0.597. The highest BCUT2D eigenvalue weighted by Crippen LogP contribution is 2.26. The summed E-state index contributed by atoms with van der Waals surface area (Å²) in [7, 11) is 0. The molecule has 6 nitrogen and oxygen atoms in total. The Bertz CT molecular complexity index is 723. The molecule has 1 saturated heterocycles. The van der Waals surface area contributed by atoms with Gasteiger partial charge in [-0.25, -0.2) is 0 Å². The number of aliphatic hydroxyl groups excluding tert-OH is 2.